The largest absolute Gasteiger partial charge is 0.462 e. The van der Waals surface area contributed by atoms with Crippen LogP contribution in [0, 0.1) is 0 Å². The number of nitrogens with zero attached hydrogens (tertiary/aromatic N) is 1. The summed E-state index contributed by atoms with van der Waals surface area (Å²) < 4.78 is 5.03. The lowest BCUT2D eigenvalue weighted by Crippen LogP contribution is -2.16. The molecular weight excluding hydrogens is 366 g/mol. The Morgan fingerprint density at radius 3 is 2.41 bits per heavy atom. The monoisotopic (exact) mass is 389 g/mol. The highest BCUT2D eigenvalue weighted by Gasteiger charge is 2.15. The predicted molar refractivity (Wildman–Crippen MR) is 113 cm³/mol. The van der Waals surface area contributed by atoms with E-state index < -0.39 is 5.97 Å². The fraction of sp³-hybridized carbons (Fsp3) is 0.174. The molecule has 0 saturated carbocycles. The normalized spacial score (nSPS) is 11.4. The van der Waals surface area contributed by atoms with Crippen LogP contribution in [-0.2, 0) is 4.74 Å². The maximum atomic E-state index is 12.6. The number of rotatable bonds is 7. The zero-order valence-corrected chi connectivity index (χ0v) is 16.4. The number of amides is 1. The molecule has 1 unspecified atom stereocenters. The number of hydrogen-bond acceptors (Lipinski definition) is 5. The van der Waals surface area contributed by atoms with Gasteiger partial charge in [0.05, 0.1) is 23.4 Å². The summed E-state index contributed by atoms with van der Waals surface area (Å²) in [6, 6.07) is 20.3. The predicted octanol–water partition coefficient (Wildman–Crippen LogP) is 4.68. The lowest BCUT2D eigenvalue weighted by atomic mass is 10.1. The van der Waals surface area contributed by atoms with Gasteiger partial charge in [-0.1, -0.05) is 42.5 Å². The summed E-state index contributed by atoms with van der Waals surface area (Å²) in [4.78, 5) is 29.0. The standard InChI is InChI=1S/C23H23N3O3/c1-3-29-23(28)19-11-7-8-12-20(19)26-22(27)18-13-14-21(24-15-18)25-16(2)17-9-5-4-6-10-17/h4-16H,3H2,1-2H3,(H,24,25)(H,26,27). The van der Waals surface area contributed by atoms with Crippen LogP contribution in [0.25, 0.3) is 0 Å². The number of hydrogen-bond donors (Lipinski definition) is 2. The summed E-state index contributed by atoms with van der Waals surface area (Å²) in [5.41, 5.74) is 2.25. The molecule has 2 aromatic carbocycles. The van der Waals surface area contributed by atoms with E-state index in [1.54, 1.807) is 43.3 Å². The molecule has 1 aromatic heterocycles. The van der Waals surface area contributed by atoms with Gasteiger partial charge < -0.3 is 15.4 Å². The molecule has 1 atom stereocenters. The smallest absolute Gasteiger partial charge is 0.340 e. The summed E-state index contributed by atoms with van der Waals surface area (Å²) in [6.45, 7) is 4.05. The van der Waals surface area contributed by atoms with Gasteiger partial charge in [-0.2, -0.15) is 0 Å². The van der Waals surface area contributed by atoms with Crippen LogP contribution in [-0.4, -0.2) is 23.5 Å². The van der Waals surface area contributed by atoms with Crippen LogP contribution >= 0.6 is 0 Å². The third kappa shape index (κ3) is 5.19. The average Bonchev–Trinajstić information content (AvgIpc) is 2.75. The topological polar surface area (TPSA) is 80.3 Å². The minimum atomic E-state index is -0.476. The average molecular weight is 389 g/mol. The van der Waals surface area contributed by atoms with Crippen molar-refractivity contribution in [2.24, 2.45) is 0 Å². The Morgan fingerprint density at radius 1 is 1.00 bits per heavy atom. The van der Waals surface area contributed by atoms with Crippen LogP contribution in [0.1, 0.15) is 46.2 Å². The first-order chi connectivity index (χ1) is 14.1. The van der Waals surface area contributed by atoms with E-state index in [1.165, 1.54) is 6.20 Å². The molecule has 0 spiro atoms. The maximum Gasteiger partial charge on any atom is 0.340 e. The minimum Gasteiger partial charge on any atom is -0.462 e. The molecule has 0 aliphatic heterocycles. The molecule has 0 bridgehead atoms. The summed E-state index contributed by atoms with van der Waals surface area (Å²) in [7, 11) is 0. The number of anilines is 2. The highest BCUT2D eigenvalue weighted by atomic mass is 16.5. The van der Waals surface area contributed by atoms with Crippen molar-refractivity contribution in [1.29, 1.82) is 0 Å². The molecule has 1 heterocycles. The first kappa shape index (κ1) is 20.1. The van der Waals surface area contributed by atoms with E-state index in [1.807, 2.05) is 37.3 Å². The SMILES string of the molecule is CCOC(=O)c1ccccc1NC(=O)c1ccc(NC(C)c2ccccc2)nc1. The molecule has 6 heteroatoms. The van der Waals surface area contributed by atoms with Gasteiger partial charge in [0.1, 0.15) is 5.82 Å². The van der Waals surface area contributed by atoms with Gasteiger partial charge >= 0.3 is 5.97 Å². The van der Waals surface area contributed by atoms with Gasteiger partial charge in [-0.05, 0) is 43.7 Å². The first-order valence-corrected chi connectivity index (χ1v) is 9.43. The quantitative estimate of drug-likeness (QED) is 0.573. The van der Waals surface area contributed by atoms with Gasteiger partial charge in [-0.25, -0.2) is 9.78 Å². The Balaban J connectivity index is 1.68. The van der Waals surface area contributed by atoms with Crippen LogP contribution in [0.15, 0.2) is 72.9 Å². The Bertz CT molecular complexity index is 972. The second-order valence-electron chi connectivity index (χ2n) is 6.43. The van der Waals surface area contributed by atoms with Crippen LogP contribution in [0.4, 0.5) is 11.5 Å². The highest BCUT2D eigenvalue weighted by molar-refractivity contribution is 6.07. The van der Waals surface area contributed by atoms with Crippen molar-refractivity contribution < 1.29 is 14.3 Å². The number of esters is 1. The number of para-hydroxylation sites is 1. The second kappa shape index (κ2) is 9.50. The van der Waals surface area contributed by atoms with Crippen molar-refractivity contribution >= 4 is 23.4 Å². The molecule has 3 rings (SSSR count). The molecule has 0 radical (unpaired) electrons. The van der Waals surface area contributed by atoms with Gasteiger partial charge in [0.25, 0.3) is 5.91 Å². The molecular formula is C23H23N3O3. The molecule has 6 nitrogen and oxygen atoms in total. The number of nitrogens with one attached hydrogen (secondary N) is 2. The van der Waals surface area contributed by atoms with E-state index >= 15 is 0 Å². The van der Waals surface area contributed by atoms with Gasteiger partial charge in [-0.3, -0.25) is 4.79 Å². The molecule has 29 heavy (non-hydrogen) atoms. The van der Waals surface area contributed by atoms with E-state index in [9.17, 15) is 9.59 Å². The summed E-state index contributed by atoms with van der Waals surface area (Å²) in [5.74, 6) is -0.155. The van der Waals surface area contributed by atoms with Crippen molar-refractivity contribution in [2.45, 2.75) is 19.9 Å². The van der Waals surface area contributed by atoms with Gasteiger partial charge in [-0.15, -0.1) is 0 Å². The number of ether oxygens (including phenoxy) is 1. The number of benzene rings is 2. The molecule has 148 valence electrons. The molecule has 0 aliphatic carbocycles. The third-order valence-electron chi connectivity index (χ3n) is 4.36. The third-order valence-corrected chi connectivity index (χ3v) is 4.36. The molecule has 1 amide bonds. The van der Waals surface area contributed by atoms with Crippen molar-refractivity contribution in [3.63, 3.8) is 0 Å². The van der Waals surface area contributed by atoms with Gasteiger partial charge in [0, 0.05) is 12.2 Å². The van der Waals surface area contributed by atoms with Crippen LogP contribution in [0.5, 0.6) is 0 Å². The number of carbonyl (C=O) groups excluding carboxylic acids is 2. The number of pyridine rings is 1. The van der Waals surface area contributed by atoms with E-state index in [-0.39, 0.29) is 18.6 Å². The summed E-state index contributed by atoms with van der Waals surface area (Å²) >= 11 is 0. The lowest BCUT2D eigenvalue weighted by molar-refractivity contribution is 0.0527. The zero-order chi connectivity index (χ0) is 20.6. The van der Waals surface area contributed by atoms with Crippen molar-refractivity contribution in [3.8, 4) is 0 Å². The molecule has 0 aliphatic rings. The van der Waals surface area contributed by atoms with E-state index in [0.717, 1.165) is 5.56 Å². The lowest BCUT2D eigenvalue weighted by Gasteiger charge is -2.15. The molecule has 0 fully saturated rings. The molecule has 3 aromatic rings. The Labute approximate surface area is 169 Å². The summed E-state index contributed by atoms with van der Waals surface area (Å²) in [5, 5.41) is 6.06. The fourth-order valence-electron chi connectivity index (χ4n) is 2.83. The summed E-state index contributed by atoms with van der Waals surface area (Å²) in [6.07, 6.45) is 1.50. The van der Waals surface area contributed by atoms with E-state index in [4.69, 9.17) is 4.74 Å². The molecule has 2 N–H and O–H groups in total. The van der Waals surface area contributed by atoms with E-state index in [2.05, 4.69) is 15.6 Å². The zero-order valence-electron chi connectivity index (χ0n) is 16.4. The van der Waals surface area contributed by atoms with Crippen LogP contribution in [0.3, 0.4) is 0 Å². The number of aromatic nitrogens is 1. The van der Waals surface area contributed by atoms with Gasteiger partial charge in [0.15, 0.2) is 0 Å². The van der Waals surface area contributed by atoms with E-state index in [0.29, 0.717) is 22.6 Å². The van der Waals surface area contributed by atoms with Crippen LogP contribution < -0.4 is 10.6 Å². The number of carbonyl (C=O) groups is 2. The van der Waals surface area contributed by atoms with Crippen LogP contribution in [0.2, 0.25) is 0 Å². The fourth-order valence-corrected chi connectivity index (χ4v) is 2.83. The first-order valence-electron chi connectivity index (χ1n) is 9.43. The van der Waals surface area contributed by atoms with Crippen molar-refractivity contribution in [3.05, 3.63) is 89.6 Å². The maximum absolute atomic E-state index is 12.6. The second-order valence-corrected chi connectivity index (χ2v) is 6.43. The Hall–Kier alpha value is -3.67. The van der Waals surface area contributed by atoms with Crippen molar-refractivity contribution in [1.82, 2.24) is 4.98 Å². The minimum absolute atomic E-state index is 0.0832. The van der Waals surface area contributed by atoms with Gasteiger partial charge in [0.2, 0.25) is 0 Å². The van der Waals surface area contributed by atoms with Crippen molar-refractivity contribution in [2.75, 3.05) is 17.2 Å². The highest BCUT2D eigenvalue weighted by Crippen LogP contribution is 2.19. The Morgan fingerprint density at radius 2 is 1.72 bits per heavy atom. The molecule has 0 saturated heterocycles. The Kier molecular flexibility index (Phi) is 6.58.